The summed E-state index contributed by atoms with van der Waals surface area (Å²) in [5.41, 5.74) is 6.72. The van der Waals surface area contributed by atoms with Gasteiger partial charge in [0.1, 0.15) is 11.5 Å². The van der Waals surface area contributed by atoms with E-state index < -0.39 is 0 Å². The van der Waals surface area contributed by atoms with Gasteiger partial charge in [-0.3, -0.25) is 9.59 Å². The van der Waals surface area contributed by atoms with Crippen LogP contribution in [0.25, 0.3) is 34.2 Å². The van der Waals surface area contributed by atoms with Gasteiger partial charge in [0.15, 0.2) is 0 Å². The van der Waals surface area contributed by atoms with Crippen molar-refractivity contribution in [3.8, 4) is 0 Å². The number of nitrogens with one attached hydrogen (secondary N) is 1. The Hall–Kier alpha value is -4.72. The fourth-order valence-corrected chi connectivity index (χ4v) is 5.45. The molecular formula is C33H34N6O2. The average molecular weight is 547 g/mol. The number of aryl methyl sites for hydroxylation is 1. The Kier molecular flexibility index (Phi) is 7.37. The highest BCUT2D eigenvalue weighted by Gasteiger charge is 2.20. The van der Waals surface area contributed by atoms with Crippen LogP contribution in [0.3, 0.4) is 0 Å². The number of aromatic amines is 1. The number of benzene rings is 3. The molecule has 1 amide bonds. The van der Waals surface area contributed by atoms with Crippen molar-refractivity contribution in [2.24, 2.45) is 0 Å². The molecule has 0 atom stereocenters. The van der Waals surface area contributed by atoms with E-state index in [1.807, 2.05) is 67.5 Å². The summed E-state index contributed by atoms with van der Waals surface area (Å²) < 4.78 is 2.20. The molecule has 1 aliphatic rings. The van der Waals surface area contributed by atoms with E-state index in [9.17, 15) is 9.59 Å². The lowest BCUT2D eigenvalue weighted by molar-refractivity contribution is -0.127. The summed E-state index contributed by atoms with van der Waals surface area (Å²) in [6, 6.07) is 22.2. The molecule has 3 heterocycles. The second-order valence-corrected chi connectivity index (χ2v) is 10.8. The van der Waals surface area contributed by atoms with Crippen LogP contribution in [0.5, 0.6) is 0 Å². The minimum Gasteiger partial charge on any atom is -0.378 e. The molecule has 0 saturated carbocycles. The third-order valence-electron chi connectivity index (χ3n) is 7.69. The normalized spacial score (nSPS) is 13.7. The Morgan fingerprint density at radius 3 is 2.46 bits per heavy atom. The second-order valence-electron chi connectivity index (χ2n) is 10.8. The zero-order valence-electron chi connectivity index (χ0n) is 23.5. The zero-order valence-corrected chi connectivity index (χ0v) is 23.5. The monoisotopic (exact) mass is 546 g/mol. The Balaban J connectivity index is 1.36. The molecule has 8 heteroatoms. The number of carbonyl (C=O) groups excluding carboxylic acids is 1. The van der Waals surface area contributed by atoms with Crippen molar-refractivity contribution in [3.63, 3.8) is 0 Å². The number of hydrogen-bond acceptors (Lipinski definition) is 5. The molecule has 1 N–H and O–H groups in total. The first kappa shape index (κ1) is 26.5. The largest absolute Gasteiger partial charge is 0.378 e. The highest BCUT2D eigenvalue weighted by molar-refractivity contribution is 5.92. The number of H-pyrrole nitrogens is 1. The molecular weight excluding hydrogens is 512 g/mol. The molecule has 0 aliphatic carbocycles. The lowest BCUT2D eigenvalue weighted by atomic mass is 10.1. The van der Waals surface area contributed by atoms with Crippen LogP contribution in [-0.4, -0.2) is 57.5 Å². The number of fused-ring (bicyclic) bond motifs is 2. The van der Waals surface area contributed by atoms with Crippen LogP contribution >= 0.6 is 0 Å². The number of aromatic nitrogens is 4. The van der Waals surface area contributed by atoms with Crippen molar-refractivity contribution in [2.75, 3.05) is 32.1 Å². The predicted molar refractivity (Wildman–Crippen MR) is 165 cm³/mol. The zero-order chi connectivity index (χ0) is 28.3. The number of amides is 1. The summed E-state index contributed by atoms with van der Waals surface area (Å²) in [5.74, 6) is 1.07. The third kappa shape index (κ3) is 5.77. The Morgan fingerprint density at radius 2 is 1.73 bits per heavy atom. The summed E-state index contributed by atoms with van der Waals surface area (Å²) in [6.45, 7) is 2.28. The number of imidazole rings is 1. The summed E-state index contributed by atoms with van der Waals surface area (Å²) in [5, 5.41) is 0. The molecule has 1 saturated heterocycles. The van der Waals surface area contributed by atoms with E-state index in [-0.39, 0.29) is 11.5 Å². The van der Waals surface area contributed by atoms with E-state index in [1.165, 1.54) is 0 Å². The van der Waals surface area contributed by atoms with Gasteiger partial charge in [0.2, 0.25) is 5.91 Å². The van der Waals surface area contributed by atoms with E-state index in [4.69, 9.17) is 9.97 Å². The van der Waals surface area contributed by atoms with Crippen molar-refractivity contribution in [1.82, 2.24) is 24.4 Å². The maximum Gasteiger partial charge on any atom is 0.270 e. The highest BCUT2D eigenvalue weighted by atomic mass is 16.2. The summed E-state index contributed by atoms with van der Waals surface area (Å²) in [4.78, 5) is 41.8. The first-order chi connectivity index (χ1) is 19.9. The molecule has 1 fully saturated rings. The Bertz CT molecular complexity index is 1780. The molecule has 8 nitrogen and oxygen atoms in total. The summed E-state index contributed by atoms with van der Waals surface area (Å²) in [7, 11) is 4.05. The smallest absolute Gasteiger partial charge is 0.270 e. The van der Waals surface area contributed by atoms with Gasteiger partial charge in [-0.15, -0.1) is 0 Å². The van der Waals surface area contributed by atoms with Crippen LogP contribution in [0.2, 0.25) is 0 Å². The molecule has 0 spiro atoms. The number of carbonyl (C=O) groups is 1. The van der Waals surface area contributed by atoms with Crippen LogP contribution in [0.15, 0.2) is 71.5 Å². The molecule has 0 bridgehead atoms. The number of rotatable bonds is 9. The molecule has 3 aromatic carbocycles. The Morgan fingerprint density at radius 1 is 0.927 bits per heavy atom. The first-order valence-electron chi connectivity index (χ1n) is 14.1. The van der Waals surface area contributed by atoms with Gasteiger partial charge in [-0.25, -0.2) is 9.97 Å². The predicted octanol–water partition coefficient (Wildman–Crippen LogP) is 5.11. The number of nitrogens with zero attached hydrogens (tertiary/aromatic N) is 5. The Labute approximate surface area is 239 Å². The van der Waals surface area contributed by atoms with Crippen LogP contribution in [-0.2, 0) is 17.8 Å². The number of anilines is 1. The molecule has 41 heavy (non-hydrogen) atoms. The van der Waals surface area contributed by atoms with Crippen molar-refractivity contribution < 1.29 is 4.79 Å². The average Bonchev–Trinajstić information content (AvgIpc) is 3.54. The van der Waals surface area contributed by atoms with Gasteiger partial charge in [-0.2, -0.15) is 0 Å². The van der Waals surface area contributed by atoms with Gasteiger partial charge in [-0.05, 0) is 54.3 Å². The van der Waals surface area contributed by atoms with Gasteiger partial charge in [0.25, 0.3) is 5.56 Å². The van der Waals surface area contributed by atoms with Crippen LogP contribution in [0, 0.1) is 0 Å². The van der Waals surface area contributed by atoms with Gasteiger partial charge in [0.05, 0.1) is 22.1 Å². The van der Waals surface area contributed by atoms with E-state index >= 15 is 0 Å². The lowest BCUT2D eigenvalue weighted by Crippen LogP contribution is -2.26. The summed E-state index contributed by atoms with van der Waals surface area (Å²) in [6.07, 6.45) is 6.98. The molecule has 6 rings (SSSR count). The third-order valence-corrected chi connectivity index (χ3v) is 7.69. The van der Waals surface area contributed by atoms with Gasteiger partial charge in [-0.1, -0.05) is 48.5 Å². The van der Waals surface area contributed by atoms with E-state index in [2.05, 4.69) is 44.8 Å². The highest BCUT2D eigenvalue weighted by Crippen LogP contribution is 2.24. The lowest BCUT2D eigenvalue weighted by Gasteiger charge is -2.16. The molecule has 208 valence electrons. The van der Waals surface area contributed by atoms with Crippen LogP contribution < -0.4 is 10.5 Å². The van der Waals surface area contributed by atoms with E-state index in [1.54, 1.807) is 0 Å². The molecule has 1 aliphatic heterocycles. The fourth-order valence-electron chi connectivity index (χ4n) is 5.45. The standard InChI is InChI=1S/C33H34N6O2/c1-37(2)25-14-11-23(12-15-25)13-16-31-35-28-21-26-27(34-29(33(41)36-26)20-24-8-4-3-5-9-24)22-30(28)39(31)19-7-18-38-17-6-10-32(38)40/h3-5,8-9,11-16,21-22H,6-7,10,17-20H2,1-2H3,(H,36,41)/b16-13+. The van der Waals surface area contributed by atoms with Crippen molar-refractivity contribution >= 4 is 45.8 Å². The number of likely N-dealkylation sites (tertiary alicyclic amines) is 1. The van der Waals surface area contributed by atoms with Crippen LogP contribution in [0.1, 0.15) is 41.9 Å². The van der Waals surface area contributed by atoms with E-state index in [0.29, 0.717) is 30.6 Å². The van der Waals surface area contributed by atoms with Crippen molar-refractivity contribution in [3.05, 3.63) is 99.7 Å². The van der Waals surface area contributed by atoms with Gasteiger partial charge < -0.3 is 19.4 Å². The minimum absolute atomic E-state index is 0.184. The summed E-state index contributed by atoms with van der Waals surface area (Å²) >= 11 is 0. The van der Waals surface area contributed by atoms with E-state index in [0.717, 1.165) is 65.1 Å². The van der Waals surface area contributed by atoms with Crippen LogP contribution in [0.4, 0.5) is 5.69 Å². The molecule has 2 aromatic heterocycles. The van der Waals surface area contributed by atoms with Crippen molar-refractivity contribution in [1.29, 1.82) is 0 Å². The quantitative estimate of drug-likeness (QED) is 0.278. The van der Waals surface area contributed by atoms with Gasteiger partial charge in [0, 0.05) is 52.3 Å². The maximum atomic E-state index is 12.9. The SMILES string of the molecule is CN(C)c1ccc(/C=C/c2nc3cc4[nH]c(=O)c(Cc5ccccc5)nc4cc3n2CCCN2CCCC2=O)cc1. The maximum absolute atomic E-state index is 12.9. The van der Waals surface area contributed by atoms with Gasteiger partial charge >= 0.3 is 0 Å². The first-order valence-corrected chi connectivity index (χ1v) is 14.1. The van der Waals surface area contributed by atoms with Crippen molar-refractivity contribution in [2.45, 2.75) is 32.2 Å². The fraction of sp³-hybridized carbons (Fsp3) is 0.273. The number of hydrogen-bond donors (Lipinski definition) is 1. The molecule has 5 aromatic rings. The second kappa shape index (κ2) is 11.4. The topological polar surface area (TPSA) is 87.1 Å². The molecule has 0 unspecified atom stereocenters. The molecule has 0 radical (unpaired) electrons. The minimum atomic E-state index is -0.184.